The molecule has 26 heavy (non-hydrogen) atoms. The first-order valence-corrected chi connectivity index (χ1v) is 9.39. The Labute approximate surface area is 158 Å². The predicted octanol–water partition coefficient (Wildman–Crippen LogP) is 6.33. The van der Waals surface area contributed by atoms with Gasteiger partial charge in [0.15, 0.2) is 0 Å². The van der Waals surface area contributed by atoms with E-state index in [1.54, 1.807) is 24.3 Å². The zero-order chi connectivity index (χ0) is 18.4. The average Bonchev–Trinajstić information content (AvgIpc) is 3.00. The third-order valence-corrected chi connectivity index (χ3v) is 4.45. The lowest BCUT2D eigenvalue weighted by molar-refractivity contribution is 0.0999. The number of halogens is 1. The van der Waals surface area contributed by atoms with Gasteiger partial charge in [-0.1, -0.05) is 56.0 Å². The number of carbonyl (C=O) groups is 1. The standard InChI is InChI=1S/C21H23ClN2O2/c1-2-3-4-7-13-23-19-17-11-5-6-12-18(17)26-20(19)21(25)24-16-10-8-9-15(22)14-16/h5-6,8-12,14,23H,2-4,7,13H2,1H3,(H,24,25). The van der Waals surface area contributed by atoms with Crippen molar-refractivity contribution in [1.82, 2.24) is 0 Å². The van der Waals surface area contributed by atoms with Crippen LogP contribution in [0.25, 0.3) is 11.0 Å². The zero-order valence-corrected chi connectivity index (χ0v) is 15.6. The van der Waals surface area contributed by atoms with Crippen LogP contribution in [0.1, 0.15) is 43.2 Å². The van der Waals surface area contributed by atoms with Crippen LogP contribution in [0.5, 0.6) is 0 Å². The molecule has 0 saturated carbocycles. The van der Waals surface area contributed by atoms with Crippen LogP contribution in [0.2, 0.25) is 5.02 Å². The molecule has 0 spiro atoms. The molecule has 2 aromatic carbocycles. The first-order chi connectivity index (χ1) is 12.7. The number of amides is 1. The van der Waals surface area contributed by atoms with E-state index >= 15 is 0 Å². The SMILES string of the molecule is CCCCCCNc1c(C(=O)Nc2cccc(Cl)c2)oc2ccccc12. The molecular weight excluding hydrogens is 348 g/mol. The van der Waals surface area contributed by atoms with Gasteiger partial charge in [0, 0.05) is 22.6 Å². The Hall–Kier alpha value is -2.46. The van der Waals surface area contributed by atoms with Gasteiger partial charge in [-0.05, 0) is 36.8 Å². The molecular formula is C21H23ClN2O2. The van der Waals surface area contributed by atoms with Gasteiger partial charge in [-0.2, -0.15) is 0 Å². The highest BCUT2D eigenvalue weighted by atomic mass is 35.5. The Morgan fingerprint density at radius 2 is 1.92 bits per heavy atom. The zero-order valence-electron chi connectivity index (χ0n) is 14.8. The molecule has 0 bridgehead atoms. The van der Waals surface area contributed by atoms with Crippen molar-refractivity contribution < 1.29 is 9.21 Å². The van der Waals surface area contributed by atoms with Crippen molar-refractivity contribution in [3.63, 3.8) is 0 Å². The third kappa shape index (κ3) is 4.38. The monoisotopic (exact) mass is 370 g/mol. The molecule has 5 heteroatoms. The molecule has 136 valence electrons. The second kappa shape index (κ2) is 8.77. The van der Waals surface area contributed by atoms with Crippen LogP contribution in [0.4, 0.5) is 11.4 Å². The third-order valence-electron chi connectivity index (χ3n) is 4.22. The smallest absolute Gasteiger partial charge is 0.293 e. The fourth-order valence-corrected chi connectivity index (χ4v) is 3.09. The van der Waals surface area contributed by atoms with E-state index in [2.05, 4.69) is 17.6 Å². The van der Waals surface area contributed by atoms with Gasteiger partial charge in [0.25, 0.3) is 5.91 Å². The largest absolute Gasteiger partial charge is 0.449 e. The number of para-hydroxylation sites is 1. The molecule has 0 aliphatic rings. The van der Waals surface area contributed by atoms with Gasteiger partial charge < -0.3 is 15.1 Å². The lowest BCUT2D eigenvalue weighted by atomic mass is 10.2. The van der Waals surface area contributed by atoms with Crippen molar-refractivity contribution in [3.05, 3.63) is 59.3 Å². The van der Waals surface area contributed by atoms with Crippen molar-refractivity contribution in [1.29, 1.82) is 0 Å². The molecule has 0 saturated heterocycles. The summed E-state index contributed by atoms with van der Waals surface area (Å²) in [6.07, 6.45) is 4.64. The summed E-state index contributed by atoms with van der Waals surface area (Å²) in [5.74, 6) is 0.00110. The summed E-state index contributed by atoms with van der Waals surface area (Å²) >= 11 is 5.99. The highest BCUT2D eigenvalue weighted by Crippen LogP contribution is 2.31. The number of anilines is 2. The fraction of sp³-hybridized carbons (Fsp3) is 0.286. The van der Waals surface area contributed by atoms with Crippen LogP contribution in [0.15, 0.2) is 52.9 Å². The Bertz CT molecular complexity index is 889. The molecule has 1 aromatic heterocycles. The van der Waals surface area contributed by atoms with Crippen LogP contribution >= 0.6 is 11.6 Å². The number of nitrogens with one attached hydrogen (secondary N) is 2. The van der Waals surface area contributed by atoms with E-state index in [0.717, 1.165) is 24.0 Å². The summed E-state index contributed by atoms with van der Waals surface area (Å²) in [6.45, 7) is 3.00. The second-order valence-electron chi connectivity index (χ2n) is 6.25. The molecule has 0 unspecified atom stereocenters. The maximum absolute atomic E-state index is 12.8. The number of benzene rings is 2. The Morgan fingerprint density at radius 1 is 1.08 bits per heavy atom. The van der Waals surface area contributed by atoms with Gasteiger partial charge in [-0.15, -0.1) is 0 Å². The molecule has 0 radical (unpaired) electrons. The second-order valence-corrected chi connectivity index (χ2v) is 6.69. The first kappa shape index (κ1) is 18.3. The van der Waals surface area contributed by atoms with Crippen molar-refractivity contribution in [2.75, 3.05) is 17.2 Å². The van der Waals surface area contributed by atoms with E-state index in [-0.39, 0.29) is 5.91 Å². The molecule has 3 rings (SSSR count). The summed E-state index contributed by atoms with van der Waals surface area (Å²) in [5, 5.41) is 7.73. The number of unbranched alkanes of at least 4 members (excludes halogenated alkanes) is 3. The Morgan fingerprint density at radius 3 is 2.73 bits per heavy atom. The summed E-state index contributed by atoms with van der Waals surface area (Å²) < 4.78 is 5.83. The quantitative estimate of drug-likeness (QED) is 0.455. The molecule has 2 N–H and O–H groups in total. The molecule has 4 nitrogen and oxygen atoms in total. The Kier molecular flexibility index (Phi) is 6.18. The van der Waals surface area contributed by atoms with Gasteiger partial charge in [-0.3, -0.25) is 4.79 Å². The Balaban J connectivity index is 1.81. The predicted molar refractivity (Wildman–Crippen MR) is 108 cm³/mol. The molecule has 3 aromatic rings. The van der Waals surface area contributed by atoms with Crippen LogP contribution in [-0.2, 0) is 0 Å². The van der Waals surface area contributed by atoms with Gasteiger partial charge in [0.2, 0.25) is 5.76 Å². The van der Waals surface area contributed by atoms with Gasteiger partial charge in [0.1, 0.15) is 5.58 Å². The van der Waals surface area contributed by atoms with Crippen molar-refractivity contribution in [3.8, 4) is 0 Å². The molecule has 1 heterocycles. The van der Waals surface area contributed by atoms with Gasteiger partial charge in [-0.25, -0.2) is 0 Å². The van der Waals surface area contributed by atoms with Gasteiger partial charge in [0.05, 0.1) is 5.69 Å². The summed E-state index contributed by atoms with van der Waals surface area (Å²) in [4.78, 5) is 12.8. The highest BCUT2D eigenvalue weighted by molar-refractivity contribution is 6.31. The maximum atomic E-state index is 12.8. The van der Waals surface area contributed by atoms with E-state index in [1.165, 1.54) is 19.3 Å². The van der Waals surface area contributed by atoms with Crippen molar-refractivity contribution in [2.24, 2.45) is 0 Å². The van der Waals surface area contributed by atoms with Crippen molar-refractivity contribution >= 4 is 39.9 Å². The van der Waals surface area contributed by atoms with Crippen LogP contribution in [-0.4, -0.2) is 12.5 Å². The van der Waals surface area contributed by atoms with Crippen LogP contribution < -0.4 is 10.6 Å². The minimum absolute atomic E-state index is 0.292. The molecule has 0 aliphatic carbocycles. The molecule has 0 aliphatic heterocycles. The summed E-state index contributed by atoms with van der Waals surface area (Å²) in [5.41, 5.74) is 2.08. The summed E-state index contributed by atoms with van der Waals surface area (Å²) in [7, 11) is 0. The van der Waals surface area contributed by atoms with E-state index < -0.39 is 0 Å². The molecule has 1 amide bonds. The lowest BCUT2D eigenvalue weighted by Crippen LogP contribution is -2.14. The van der Waals surface area contributed by atoms with Gasteiger partial charge >= 0.3 is 0 Å². The first-order valence-electron chi connectivity index (χ1n) is 9.01. The average molecular weight is 371 g/mol. The summed E-state index contributed by atoms with van der Waals surface area (Å²) in [6, 6.07) is 14.7. The number of fused-ring (bicyclic) bond motifs is 1. The van der Waals surface area contributed by atoms with E-state index in [9.17, 15) is 4.79 Å². The number of hydrogen-bond acceptors (Lipinski definition) is 3. The van der Waals surface area contributed by atoms with E-state index in [0.29, 0.717) is 22.1 Å². The number of rotatable bonds is 8. The van der Waals surface area contributed by atoms with Crippen LogP contribution in [0.3, 0.4) is 0 Å². The number of furan rings is 1. The maximum Gasteiger partial charge on any atom is 0.293 e. The number of hydrogen-bond donors (Lipinski definition) is 2. The normalized spacial score (nSPS) is 10.8. The highest BCUT2D eigenvalue weighted by Gasteiger charge is 2.20. The van der Waals surface area contributed by atoms with E-state index in [1.807, 2.05) is 24.3 Å². The molecule has 0 atom stereocenters. The topological polar surface area (TPSA) is 54.3 Å². The fourth-order valence-electron chi connectivity index (χ4n) is 2.90. The minimum atomic E-state index is -0.292. The number of carbonyl (C=O) groups excluding carboxylic acids is 1. The molecule has 0 fully saturated rings. The van der Waals surface area contributed by atoms with E-state index in [4.69, 9.17) is 16.0 Å². The minimum Gasteiger partial charge on any atom is -0.449 e. The van der Waals surface area contributed by atoms with Crippen molar-refractivity contribution in [2.45, 2.75) is 32.6 Å². The lowest BCUT2D eigenvalue weighted by Gasteiger charge is -2.08. The van der Waals surface area contributed by atoms with Crippen LogP contribution in [0, 0.1) is 0 Å².